The minimum Gasteiger partial charge on any atom is -0.481 e. The molecule has 2 amide bonds. The van der Waals surface area contributed by atoms with Gasteiger partial charge in [-0.15, -0.1) is 0 Å². The number of nitrogens with one attached hydrogen (secondary N) is 2. The molecule has 2 bridgehead atoms. The molecule has 4 atom stereocenters. The number of aliphatic carboxylic acids is 1. The van der Waals surface area contributed by atoms with E-state index in [4.69, 9.17) is 5.11 Å². The van der Waals surface area contributed by atoms with Gasteiger partial charge in [0.1, 0.15) is 0 Å². The van der Waals surface area contributed by atoms with Gasteiger partial charge in [0.25, 0.3) is 0 Å². The summed E-state index contributed by atoms with van der Waals surface area (Å²) in [6.07, 6.45) is 4.17. The van der Waals surface area contributed by atoms with Crippen LogP contribution in [0.15, 0.2) is 0 Å². The molecule has 2 saturated carbocycles. The molecular formula is C16H28N2O3. The fourth-order valence-corrected chi connectivity index (χ4v) is 4.47. The number of carboxylic acid groups (broad SMARTS) is 1. The molecule has 0 saturated heterocycles. The molecule has 21 heavy (non-hydrogen) atoms. The molecule has 5 heteroatoms. The van der Waals surface area contributed by atoms with Gasteiger partial charge in [0.05, 0.1) is 0 Å². The predicted molar refractivity (Wildman–Crippen MR) is 81.0 cm³/mol. The number of hydrogen-bond donors (Lipinski definition) is 3. The van der Waals surface area contributed by atoms with Gasteiger partial charge in [-0.25, -0.2) is 4.79 Å². The molecule has 0 spiro atoms. The summed E-state index contributed by atoms with van der Waals surface area (Å²) in [5.74, 6) is -0.136. The molecule has 0 aliphatic heterocycles. The lowest BCUT2D eigenvalue weighted by Crippen LogP contribution is -2.55. The fraction of sp³-hybridized carbons (Fsp3) is 0.875. The van der Waals surface area contributed by atoms with Gasteiger partial charge in [-0.3, -0.25) is 4.79 Å². The molecule has 2 aliphatic rings. The number of carboxylic acids is 1. The maximum absolute atomic E-state index is 12.2. The minimum atomic E-state index is -0.828. The average Bonchev–Trinajstić information content (AvgIpc) is 2.83. The molecule has 0 aromatic heterocycles. The Morgan fingerprint density at radius 2 is 2.00 bits per heavy atom. The van der Waals surface area contributed by atoms with E-state index >= 15 is 0 Å². The van der Waals surface area contributed by atoms with E-state index in [1.165, 1.54) is 19.3 Å². The number of carbonyl (C=O) groups is 2. The van der Waals surface area contributed by atoms with Crippen molar-refractivity contribution in [1.29, 1.82) is 0 Å². The van der Waals surface area contributed by atoms with Crippen LogP contribution in [0.5, 0.6) is 0 Å². The third-order valence-electron chi connectivity index (χ3n) is 5.71. The van der Waals surface area contributed by atoms with Gasteiger partial charge in [0, 0.05) is 18.5 Å². The Morgan fingerprint density at radius 1 is 1.33 bits per heavy atom. The molecule has 3 N–H and O–H groups in total. The third kappa shape index (κ3) is 3.16. The van der Waals surface area contributed by atoms with Gasteiger partial charge in [0.2, 0.25) is 0 Å². The number of rotatable bonds is 5. The van der Waals surface area contributed by atoms with Crippen LogP contribution in [-0.2, 0) is 4.79 Å². The lowest BCUT2D eigenvalue weighted by Gasteiger charge is -2.43. The van der Waals surface area contributed by atoms with Crippen molar-refractivity contribution in [2.75, 3.05) is 0 Å². The first kappa shape index (κ1) is 16.1. The molecule has 0 heterocycles. The molecule has 120 valence electrons. The lowest BCUT2D eigenvalue weighted by atomic mass is 9.68. The van der Waals surface area contributed by atoms with Crippen molar-refractivity contribution in [3.05, 3.63) is 0 Å². The van der Waals surface area contributed by atoms with E-state index in [1.807, 2.05) is 6.92 Å². The van der Waals surface area contributed by atoms with E-state index < -0.39 is 5.97 Å². The molecule has 0 radical (unpaired) electrons. The summed E-state index contributed by atoms with van der Waals surface area (Å²) in [5, 5.41) is 14.7. The number of amides is 2. The van der Waals surface area contributed by atoms with Crippen molar-refractivity contribution < 1.29 is 14.7 Å². The van der Waals surface area contributed by atoms with Crippen LogP contribution < -0.4 is 10.6 Å². The van der Waals surface area contributed by atoms with Crippen molar-refractivity contribution in [2.45, 2.75) is 71.9 Å². The van der Waals surface area contributed by atoms with Crippen molar-refractivity contribution >= 4 is 12.0 Å². The van der Waals surface area contributed by atoms with Gasteiger partial charge in [-0.1, -0.05) is 20.8 Å². The van der Waals surface area contributed by atoms with Gasteiger partial charge in [0.15, 0.2) is 0 Å². The second kappa shape index (κ2) is 5.50. The first-order valence-electron chi connectivity index (χ1n) is 7.94. The van der Waals surface area contributed by atoms with Crippen LogP contribution in [0, 0.1) is 16.7 Å². The minimum absolute atomic E-state index is 0.0795. The van der Waals surface area contributed by atoms with Crippen LogP contribution in [0.25, 0.3) is 0 Å². The Balaban J connectivity index is 1.89. The predicted octanol–water partition coefficient (Wildman–Crippen LogP) is 2.75. The van der Waals surface area contributed by atoms with Crippen LogP contribution in [0.4, 0.5) is 4.79 Å². The normalized spacial score (nSPS) is 34.5. The highest BCUT2D eigenvalue weighted by molar-refractivity contribution is 5.75. The molecule has 2 rings (SSSR count). The van der Waals surface area contributed by atoms with Gasteiger partial charge in [-0.2, -0.15) is 0 Å². The summed E-state index contributed by atoms with van der Waals surface area (Å²) in [6, 6.07) is -0.106. The van der Waals surface area contributed by atoms with E-state index in [2.05, 4.69) is 31.4 Å². The smallest absolute Gasteiger partial charge is 0.315 e. The molecule has 5 nitrogen and oxygen atoms in total. The Bertz CT molecular complexity index is 430. The summed E-state index contributed by atoms with van der Waals surface area (Å²) < 4.78 is 0. The number of carbonyl (C=O) groups excluding carboxylic acids is 1. The number of fused-ring (bicyclic) bond motifs is 2. The van der Waals surface area contributed by atoms with Crippen molar-refractivity contribution in [2.24, 2.45) is 16.7 Å². The molecule has 0 aromatic carbocycles. The maximum Gasteiger partial charge on any atom is 0.315 e. The van der Waals surface area contributed by atoms with Crippen LogP contribution in [-0.4, -0.2) is 29.2 Å². The Hall–Kier alpha value is -1.26. The van der Waals surface area contributed by atoms with E-state index in [1.54, 1.807) is 0 Å². The van der Waals surface area contributed by atoms with Crippen molar-refractivity contribution in [3.8, 4) is 0 Å². The molecule has 2 fully saturated rings. The van der Waals surface area contributed by atoms with Crippen LogP contribution >= 0.6 is 0 Å². The van der Waals surface area contributed by atoms with E-state index in [9.17, 15) is 9.59 Å². The van der Waals surface area contributed by atoms with E-state index in [-0.39, 0.29) is 35.4 Å². The fourth-order valence-electron chi connectivity index (χ4n) is 4.47. The number of urea groups is 1. The monoisotopic (exact) mass is 296 g/mol. The lowest BCUT2D eigenvalue weighted by molar-refractivity contribution is -0.137. The summed E-state index contributed by atoms with van der Waals surface area (Å²) in [4.78, 5) is 22.7. The highest BCUT2D eigenvalue weighted by atomic mass is 16.4. The summed E-state index contributed by atoms with van der Waals surface area (Å²) in [6.45, 7) is 8.62. The second-order valence-corrected chi connectivity index (χ2v) is 7.80. The average molecular weight is 296 g/mol. The van der Waals surface area contributed by atoms with Crippen molar-refractivity contribution in [3.63, 3.8) is 0 Å². The second-order valence-electron chi connectivity index (χ2n) is 7.80. The highest BCUT2D eigenvalue weighted by Crippen LogP contribution is 2.62. The Labute approximate surface area is 126 Å². The van der Waals surface area contributed by atoms with E-state index in [0.29, 0.717) is 12.3 Å². The molecule has 2 aliphatic carbocycles. The van der Waals surface area contributed by atoms with Crippen molar-refractivity contribution in [1.82, 2.24) is 10.6 Å². The first-order chi connectivity index (χ1) is 9.65. The summed E-state index contributed by atoms with van der Waals surface area (Å²) >= 11 is 0. The summed E-state index contributed by atoms with van der Waals surface area (Å²) in [7, 11) is 0. The topological polar surface area (TPSA) is 78.4 Å². The van der Waals surface area contributed by atoms with Gasteiger partial charge in [-0.05, 0) is 49.4 Å². The standard InChI is InChI=1S/C16H28N2O3/c1-10(5-6-12(19)20)17-14(21)18-13-15(2,3)11-7-8-16(13,4)9-11/h10-11,13H,5-9H2,1-4H3,(H,19,20)(H2,17,18,21). The Morgan fingerprint density at radius 3 is 2.52 bits per heavy atom. The SMILES string of the molecule is CC(CCC(=O)O)NC(=O)NC1C2(C)CCC(C2)C1(C)C. The molecular weight excluding hydrogens is 268 g/mol. The van der Waals surface area contributed by atoms with Gasteiger partial charge < -0.3 is 15.7 Å². The zero-order chi connectivity index (χ0) is 15.8. The third-order valence-corrected chi connectivity index (χ3v) is 5.71. The molecule has 0 aromatic rings. The number of hydrogen-bond acceptors (Lipinski definition) is 2. The van der Waals surface area contributed by atoms with E-state index in [0.717, 1.165) is 0 Å². The highest BCUT2D eigenvalue weighted by Gasteiger charge is 2.59. The maximum atomic E-state index is 12.2. The Kier molecular flexibility index (Phi) is 4.22. The van der Waals surface area contributed by atoms with Crippen LogP contribution in [0.1, 0.15) is 59.8 Å². The largest absolute Gasteiger partial charge is 0.481 e. The zero-order valence-corrected chi connectivity index (χ0v) is 13.5. The quantitative estimate of drug-likeness (QED) is 0.730. The van der Waals surface area contributed by atoms with Crippen LogP contribution in [0.3, 0.4) is 0 Å². The van der Waals surface area contributed by atoms with Crippen LogP contribution in [0.2, 0.25) is 0 Å². The molecule has 4 unspecified atom stereocenters. The summed E-state index contributed by atoms with van der Waals surface area (Å²) in [5.41, 5.74) is 0.338. The first-order valence-corrected chi connectivity index (χ1v) is 7.94. The zero-order valence-electron chi connectivity index (χ0n) is 13.5. The van der Waals surface area contributed by atoms with Gasteiger partial charge >= 0.3 is 12.0 Å².